The third-order valence-corrected chi connectivity index (χ3v) is 0.186. The van der Waals surface area contributed by atoms with Gasteiger partial charge in [-0.3, -0.25) is 4.79 Å². The highest BCUT2D eigenvalue weighted by molar-refractivity contribution is 5.56. The van der Waals surface area contributed by atoms with Gasteiger partial charge < -0.3 is 5.73 Å². The monoisotopic (exact) mass is 72.0 g/mol. The van der Waals surface area contributed by atoms with Crippen LogP contribution in [0.2, 0.25) is 0 Å². The Bertz CT molecular complexity index is 33.9. The summed E-state index contributed by atoms with van der Waals surface area (Å²) in [7, 11) is 0. The summed E-state index contributed by atoms with van der Waals surface area (Å²) in [5.74, 6) is 0. The minimum Gasteiger partial charge on any atom is -0.321 e. The van der Waals surface area contributed by atoms with Gasteiger partial charge in [-0.15, -0.1) is 0 Å². The smallest absolute Gasteiger partial charge is 0.216 e. The number of rotatable bonds is 1. The Labute approximate surface area is 31.0 Å². The highest BCUT2D eigenvalue weighted by Gasteiger charge is 1.81. The minimum absolute atomic E-state index is 0.421. The van der Waals surface area contributed by atoms with Crippen LogP contribution < -0.4 is 5.73 Å². The second-order valence-electron chi connectivity index (χ2n) is 0.907. The molecule has 5 heavy (non-hydrogen) atoms. The van der Waals surface area contributed by atoms with Crippen LogP contribution in [0.15, 0.2) is 0 Å². The van der Waals surface area contributed by atoms with E-state index in [1.54, 1.807) is 13.2 Å². The number of hydrogen-bond donors (Lipinski definition) is 1. The summed E-state index contributed by atoms with van der Waals surface area (Å²) in [5.41, 5.74) is 4.87. The molecule has 0 aromatic carbocycles. The Morgan fingerprint density at radius 3 is 2.20 bits per heavy atom. The van der Waals surface area contributed by atoms with Crippen molar-refractivity contribution >= 4 is 6.29 Å². The second-order valence-corrected chi connectivity index (χ2v) is 0.907. The molecule has 0 aliphatic heterocycles. The van der Waals surface area contributed by atoms with E-state index in [2.05, 4.69) is 0 Å². The molecule has 0 fully saturated rings. The molecule has 2 nitrogen and oxygen atoms in total. The molecule has 0 aromatic heterocycles. The third kappa shape index (κ3) is 3.63. The van der Waals surface area contributed by atoms with Crippen molar-refractivity contribution in [2.75, 3.05) is 0 Å². The van der Waals surface area contributed by atoms with Crippen molar-refractivity contribution in [2.45, 2.75) is 13.0 Å². The zero-order chi connectivity index (χ0) is 4.28. The highest BCUT2D eigenvalue weighted by Crippen LogP contribution is 1.55. The second kappa shape index (κ2) is 1.91. The zero-order valence-electron chi connectivity index (χ0n) is 3.06. The molecule has 2 heteroatoms. The van der Waals surface area contributed by atoms with Crippen LogP contribution in [0.25, 0.3) is 0 Å². The molecule has 0 aliphatic carbocycles. The predicted molar refractivity (Wildman–Crippen MR) is 19.3 cm³/mol. The summed E-state index contributed by atoms with van der Waals surface area (Å²) in [6.07, 6.45) is 1.56. The molecule has 29 valence electrons. The average molecular weight is 72.1 g/mol. The van der Waals surface area contributed by atoms with E-state index in [1.165, 1.54) is 0 Å². The van der Waals surface area contributed by atoms with Gasteiger partial charge in [0, 0.05) is 0 Å². The van der Waals surface area contributed by atoms with Crippen molar-refractivity contribution in [3.05, 3.63) is 0 Å². The van der Waals surface area contributed by atoms with E-state index in [-0.39, 0.29) is 0 Å². The molecule has 1 atom stereocenters. The van der Waals surface area contributed by atoms with Gasteiger partial charge in [-0.25, -0.2) is 0 Å². The van der Waals surface area contributed by atoms with E-state index in [0.717, 1.165) is 0 Å². The van der Waals surface area contributed by atoms with E-state index in [1.807, 2.05) is 0 Å². The molecule has 0 rings (SSSR count). The largest absolute Gasteiger partial charge is 0.321 e. The van der Waals surface area contributed by atoms with Crippen LogP contribution in [0.4, 0.5) is 0 Å². The summed E-state index contributed by atoms with van der Waals surface area (Å²) >= 11 is 0. The van der Waals surface area contributed by atoms with Gasteiger partial charge in [0.05, 0.1) is 6.04 Å². The molecule has 1 unspecified atom stereocenters. The molecule has 0 heterocycles. The Kier molecular flexibility index (Phi) is 1.76. The van der Waals surface area contributed by atoms with Crippen molar-refractivity contribution in [3.63, 3.8) is 0 Å². The van der Waals surface area contributed by atoms with Crippen molar-refractivity contribution in [2.24, 2.45) is 5.73 Å². The SMILES string of the molecule is CC(N)[C]=O. The van der Waals surface area contributed by atoms with Crippen LogP contribution in [0, 0.1) is 0 Å². The van der Waals surface area contributed by atoms with E-state index in [0.29, 0.717) is 0 Å². The van der Waals surface area contributed by atoms with E-state index in [9.17, 15) is 4.79 Å². The predicted octanol–water partition coefficient (Wildman–Crippen LogP) is -0.557. The average Bonchev–Trinajstić information content (AvgIpc) is 1.38. The molecule has 0 spiro atoms. The number of nitrogens with two attached hydrogens (primary N) is 1. The molecule has 1 radical (unpaired) electrons. The fraction of sp³-hybridized carbons (Fsp3) is 0.667. The Hall–Kier alpha value is -0.370. The van der Waals surface area contributed by atoms with Gasteiger partial charge in [-0.1, -0.05) is 0 Å². The van der Waals surface area contributed by atoms with Crippen molar-refractivity contribution in [3.8, 4) is 0 Å². The first-order valence-corrected chi connectivity index (χ1v) is 1.40. The molecular formula is C3H6NO. The Morgan fingerprint density at radius 1 is 2.00 bits per heavy atom. The standard InChI is InChI=1S/C3H6NO/c1-3(4)2-5/h3H,4H2,1H3. The number of carbonyl (C=O) groups excluding carboxylic acids is 1. The minimum atomic E-state index is -0.421. The topological polar surface area (TPSA) is 43.1 Å². The molecule has 0 bridgehead atoms. The lowest BCUT2D eigenvalue weighted by molar-refractivity contribution is 0.546. The van der Waals surface area contributed by atoms with Crippen LogP contribution >= 0.6 is 0 Å². The van der Waals surface area contributed by atoms with E-state index < -0.39 is 6.04 Å². The van der Waals surface area contributed by atoms with Crippen molar-refractivity contribution < 1.29 is 4.79 Å². The van der Waals surface area contributed by atoms with Crippen molar-refractivity contribution in [1.29, 1.82) is 0 Å². The molecule has 0 saturated carbocycles. The third-order valence-electron chi connectivity index (χ3n) is 0.186. The lowest BCUT2D eigenvalue weighted by Gasteiger charge is -1.79. The fourth-order valence-corrected chi connectivity index (χ4v) is 0. The number of hydrogen-bond acceptors (Lipinski definition) is 2. The maximum atomic E-state index is 9.25. The van der Waals surface area contributed by atoms with E-state index >= 15 is 0 Å². The molecular weight excluding hydrogens is 66.0 g/mol. The molecule has 2 N–H and O–H groups in total. The lowest BCUT2D eigenvalue weighted by Crippen LogP contribution is -2.15. The maximum absolute atomic E-state index is 9.25. The molecule has 0 aliphatic rings. The summed E-state index contributed by atoms with van der Waals surface area (Å²) in [6.45, 7) is 1.58. The first-order chi connectivity index (χ1) is 2.27. The van der Waals surface area contributed by atoms with Gasteiger partial charge in [-0.05, 0) is 6.92 Å². The van der Waals surface area contributed by atoms with Gasteiger partial charge in [0.15, 0.2) is 0 Å². The van der Waals surface area contributed by atoms with Gasteiger partial charge >= 0.3 is 0 Å². The Balaban J connectivity index is 2.83. The van der Waals surface area contributed by atoms with Crippen molar-refractivity contribution in [1.82, 2.24) is 0 Å². The molecule has 0 aromatic rings. The summed E-state index contributed by atoms with van der Waals surface area (Å²) < 4.78 is 0. The van der Waals surface area contributed by atoms with E-state index in [4.69, 9.17) is 5.73 Å². The van der Waals surface area contributed by atoms with Crippen LogP contribution in [-0.4, -0.2) is 12.3 Å². The highest BCUT2D eigenvalue weighted by atomic mass is 16.1. The summed E-state index contributed by atoms with van der Waals surface area (Å²) in [4.78, 5) is 9.25. The zero-order valence-corrected chi connectivity index (χ0v) is 3.06. The molecule has 0 amide bonds. The van der Waals surface area contributed by atoms with Gasteiger partial charge in [0.1, 0.15) is 0 Å². The summed E-state index contributed by atoms with van der Waals surface area (Å²) in [6, 6.07) is -0.421. The lowest BCUT2D eigenvalue weighted by atomic mass is 10.4. The van der Waals surface area contributed by atoms with Gasteiger partial charge in [0.2, 0.25) is 6.29 Å². The normalized spacial score (nSPS) is 14.0. The van der Waals surface area contributed by atoms with Crippen LogP contribution in [-0.2, 0) is 4.79 Å². The van der Waals surface area contributed by atoms with Gasteiger partial charge in [0.25, 0.3) is 0 Å². The molecule has 0 saturated heterocycles. The summed E-state index contributed by atoms with van der Waals surface area (Å²) in [5, 5.41) is 0. The first-order valence-electron chi connectivity index (χ1n) is 1.40. The van der Waals surface area contributed by atoms with Crippen LogP contribution in [0.5, 0.6) is 0 Å². The fourth-order valence-electron chi connectivity index (χ4n) is 0. The van der Waals surface area contributed by atoms with Crippen LogP contribution in [0.1, 0.15) is 6.92 Å². The first kappa shape index (κ1) is 4.63. The van der Waals surface area contributed by atoms with Gasteiger partial charge in [-0.2, -0.15) is 0 Å². The van der Waals surface area contributed by atoms with Crippen LogP contribution in [0.3, 0.4) is 0 Å². The quantitative estimate of drug-likeness (QED) is 0.451. The Morgan fingerprint density at radius 2 is 2.20 bits per heavy atom. The maximum Gasteiger partial charge on any atom is 0.216 e.